The monoisotopic (exact) mass is 233 g/mol. The summed E-state index contributed by atoms with van der Waals surface area (Å²) in [6, 6.07) is 0.512. The van der Waals surface area contributed by atoms with E-state index in [-0.39, 0.29) is 0 Å². The Morgan fingerprint density at radius 2 is 1.88 bits per heavy atom. The van der Waals surface area contributed by atoms with Crippen molar-refractivity contribution in [3.05, 3.63) is 29.1 Å². The minimum atomic E-state index is -1.71. The molecular formula is C10H10F3NO2. The molecule has 1 aromatic rings. The van der Waals surface area contributed by atoms with E-state index in [2.05, 4.69) is 0 Å². The van der Waals surface area contributed by atoms with E-state index in [0.717, 1.165) is 0 Å². The molecule has 2 N–H and O–H groups in total. The summed E-state index contributed by atoms with van der Waals surface area (Å²) < 4.78 is 43.2. The molecule has 6 heteroatoms. The van der Waals surface area contributed by atoms with Gasteiger partial charge in [-0.25, -0.2) is 18.0 Å². The fourth-order valence-electron chi connectivity index (χ4n) is 1.06. The van der Waals surface area contributed by atoms with Crippen molar-refractivity contribution in [2.75, 3.05) is 5.73 Å². The second kappa shape index (κ2) is 4.42. The van der Waals surface area contributed by atoms with Crippen LogP contribution in [0.5, 0.6) is 0 Å². The number of benzene rings is 1. The SMILES string of the molecule is CC(C)OC(=O)c1cc(F)c(F)c(F)c1N. The van der Waals surface area contributed by atoms with Crippen LogP contribution in [0, 0.1) is 17.5 Å². The normalized spacial score (nSPS) is 10.6. The van der Waals surface area contributed by atoms with Crippen molar-refractivity contribution in [2.24, 2.45) is 0 Å². The van der Waals surface area contributed by atoms with Crippen molar-refractivity contribution in [1.29, 1.82) is 0 Å². The standard InChI is InChI=1S/C10H10F3NO2/c1-4(2)16-10(15)5-3-6(11)7(12)8(13)9(5)14/h3-4H,14H2,1-2H3. The maximum atomic E-state index is 13.0. The van der Waals surface area contributed by atoms with E-state index < -0.39 is 40.8 Å². The number of carbonyl (C=O) groups is 1. The number of ether oxygens (including phenoxy) is 1. The molecule has 0 saturated carbocycles. The minimum absolute atomic E-state index is 0.469. The first kappa shape index (κ1) is 12.4. The van der Waals surface area contributed by atoms with Crippen molar-refractivity contribution in [2.45, 2.75) is 20.0 Å². The number of esters is 1. The van der Waals surface area contributed by atoms with Crippen molar-refractivity contribution in [3.63, 3.8) is 0 Å². The van der Waals surface area contributed by atoms with Crippen LogP contribution in [-0.4, -0.2) is 12.1 Å². The van der Waals surface area contributed by atoms with E-state index in [1.807, 2.05) is 0 Å². The number of rotatable bonds is 2. The number of nitrogen functional groups attached to an aromatic ring is 1. The summed E-state index contributed by atoms with van der Waals surface area (Å²) in [7, 11) is 0. The van der Waals surface area contributed by atoms with Crippen LogP contribution in [0.25, 0.3) is 0 Å². The first-order valence-corrected chi connectivity index (χ1v) is 4.48. The predicted octanol–water partition coefficient (Wildman–Crippen LogP) is 2.25. The lowest BCUT2D eigenvalue weighted by Crippen LogP contribution is -2.15. The lowest BCUT2D eigenvalue weighted by Gasteiger charge is -2.10. The minimum Gasteiger partial charge on any atom is -0.459 e. The number of nitrogens with two attached hydrogens (primary N) is 1. The highest BCUT2D eigenvalue weighted by Crippen LogP contribution is 2.23. The van der Waals surface area contributed by atoms with E-state index in [1.165, 1.54) is 0 Å². The number of carbonyl (C=O) groups excluding carboxylic acids is 1. The third kappa shape index (κ3) is 2.26. The molecule has 0 radical (unpaired) electrons. The summed E-state index contributed by atoms with van der Waals surface area (Å²) >= 11 is 0. The zero-order valence-electron chi connectivity index (χ0n) is 8.68. The highest BCUT2D eigenvalue weighted by molar-refractivity contribution is 5.95. The van der Waals surface area contributed by atoms with Crippen LogP contribution in [0.3, 0.4) is 0 Å². The average Bonchev–Trinajstić information content (AvgIpc) is 2.19. The van der Waals surface area contributed by atoms with E-state index in [0.29, 0.717) is 6.07 Å². The summed E-state index contributed by atoms with van der Waals surface area (Å²) in [5.41, 5.74) is 3.86. The average molecular weight is 233 g/mol. The number of hydrogen-bond donors (Lipinski definition) is 1. The Morgan fingerprint density at radius 3 is 2.38 bits per heavy atom. The molecule has 0 aromatic heterocycles. The van der Waals surface area contributed by atoms with Gasteiger partial charge in [-0.05, 0) is 19.9 Å². The molecule has 16 heavy (non-hydrogen) atoms. The first-order valence-electron chi connectivity index (χ1n) is 4.48. The van der Waals surface area contributed by atoms with Crippen LogP contribution >= 0.6 is 0 Å². The third-order valence-electron chi connectivity index (χ3n) is 1.76. The maximum Gasteiger partial charge on any atom is 0.340 e. The number of hydrogen-bond acceptors (Lipinski definition) is 3. The molecule has 0 atom stereocenters. The Balaban J connectivity index is 3.20. The zero-order chi connectivity index (χ0) is 12.5. The molecule has 88 valence electrons. The molecular weight excluding hydrogens is 223 g/mol. The second-order valence-corrected chi connectivity index (χ2v) is 3.40. The summed E-state index contributed by atoms with van der Waals surface area (Å²) in [4.78, 5) is 11.3. The number of anilines is 1. The smallest absolute Gasteiger partial charge is 0.340 e. The van der Waals surface area contributed by atoms with Crippen molar-refractivity contribution in [3.8, 4) is 0 Å². The van der Waals surface area contributed by atoms with E-state index in [1.54, 1.807) is 13.8 Å². The van der Waals surface area contributed by atoms with Gasteiger partial charge in [0.25, 0.3) is 0 Å². The van der Waals surface area contributed by atoms with Crippen LogP contribution in [0.15, 0.2) is 6.07 Å². The molecule has 0 amide bonds. The van der Waals surface area contributed by atoms with Crippen LogP contribution < -0.4 is 5.73 Å². The molecule has 0 unspecified atom stereocenters. The van der Waals surface area contributed by atoms with Gasteiger partial charge >= 0.3 is 5.97 Å². The van der Waals surface area contributed by atoms with Gasteiger partial charge in [0, 0.05) is 0 Å². The van der Waals surface area contributed by atoms with Crippen LogP contribution in [0.4, 0.5) is 18.9 Å². The Bertz CT molecular complexity index is 433. The van der Waals surface area contributed by atoms with Gasteiger partial charge < -0.3 is 10.5 Å². The van der Waals surface area contributed by atoms with Crippen LogP contribution in [-0.2, 0) is 4.74 Å². The molecule has 0 aliphatic heterocycles. The van der Waals surface area contributed by atoms with Gasteiger partial charge in [0.1, 0.15) is 0 Å². The maximum absolute atomic E-state index is 13.0. The number of halogens is 3. The van der Waals surface area contributed by atoms with Gasteiger partial charge in [0.2, 0.25) is 0 Å². The fourth-order valence-corrected chi connectivity index (χ4v) is 1.06. The predicted molar refractivity (Wildman–Crippen MR) is 51.3 cm³/mol. The van der Waals surface area contributed by atoms with Gasteiger partial charge in [-0.2, -0.15) is 0 Å². The quantitative estimate of drug-likeness (QED) is 0.484. The highest BCUT2D eigenvalue weighted by atomic mass is 19.2. The molecule has 1 rings (SSSR count). The van der Waals surface area contributed by atoms with E-state index >= 15 is 0 Å². The van der Waals surface area contributed by atoms with Gasteiger partial charge in [0.05, 0.1) is 17.4 Å². The Hall–Kier alpha value is -1.72. The third-order valence-corrected chi connectivity index (χ3v) is 1.76. The topological polar surface area (TPSA) is 52.3 Å². The summed E-state index contributed by atoms with van der Waals surface area (Å²) in [6.07, 6.45) is -0.469. The molecule has 0 bridgehead atoms. The van der Waals surface area contributed by atoms with Gasteiger partial charge in [-0.3, -0.25) is 0 Å². The zero-order valence-corrected chi connectivity index (χ0v) is 8.68. The van der Waals surface area contributed by atoms with E-state index in [4.69, 9.17) is 10.5 Å². The lowest BCUT2D eigenvalue weighted by atomic mass is 10.1. The van der Waals surface area contributed by atoms with Gasteiger partial charge in [-0.15, -0.1) is 0 Å². The summed E-state index contributed by atoms with van der Waals surface area (Å²) in [6.45, 7) is 3.12. The van der Waals surface area contributed by atoms with Crippen molar-refractivity contribution in [1.82, 2.24) is 0 Å². The van der Waals surface area contributed by atoms with Gasteiger partial charge in [-0.1, -0.05) is 0 Å². The Kier molecular flexibility index (Phi) is 3.41. The summed E-state index contributed by atoms with van der Waals surface area (Å²) in [5, 5.41) is 0. The molecule has 0 fully saturated rings. The second-order valence-electron chi connectivity index (χ2n) is 3.40. The molecule has 0 aliphatic carbocycles. The summed E-state index contributed by atoms with van der Waals surface area (Å²) in [5.74, 6) is -5.78. The van der Waals surface area contributed by atoms with Gasteiger partial charge in [0.15, 0.2) is 17.5 Å². The van der Waals surface area contributed by atoms with Crippen molar-refractivity contribution < 1.29 is 22.7 Å². The Morgan fingerprint density at radius 1 is 1.31 bits per heavy atom. The van der Waals surface area contributed by atoms with Crippen molar-refractivity contribution >= 4 is 11.7 Å². The lowest BCUT2D eigenvalue weighted by molar-refractivity contribution is 0.0378. The molecule has 0 saturated heterocycles. The largest absolute Gasteiger partial charge is 0.459 e. The first-order chi connectivity index (χ1) is 7.34. The Labute approximate surface area is 90.0 Å². The van der Waals surface area contributed by atoms with Crippen LogP contribution in [0.2, 0.25) is 0 Å². The molecule has 0 spiro atoms. The molecule has 3 nitrogen and oxygen atoms in total. The highest BCUT2D eigenvalue weighted by Gasteiger charge is 2.22. The molecule has 0 heterocycles. The molecule has 1 aromatic carbocycles. The van der Waals surface area contributed by atoms with Crippen LogP contribution in [0.1, 0.15) is 24.2 Å². The fraction of sp³-hybridized carbons (Fsp3) is 0.300. The van der Waals surface area contributed by atoms with E-state index in [9.17, 15) is 18.0 Å². The molecule has 0 aliphatic rings.